The molecule has 8 heteroatoms. The molecule has 0 fully saturated rings. The summed E-state index contributed by atoms with van der Waals surface area (Å²) in [7, 11) is 0. The van der Waals surface area contributed by atoms with E-state index in [1.807, 2.05) is 24.3 Å². The van der Waals surface area contributed by atoms with Crippen LogP contribution in [0.5, 0.6) is 11.5 Å². The van der Waals surface area contributed by atoms with Crippen molar-refractivity contribution in [1.29, 1.82) is 10.5 Å². The van der Waals surface area contributed by atoms with Gasteiger partial charge in [-0.2, -0.15) is 10.5 Å². The largest absolute Gasteiger partial charge is 0.494 e. The highest BCUT2D eigenvalue weighted by Crippen LogP contribution is 2.34. The zero-order valence-electron chi connectivity index (χ0n) is 25.5. The van der Waals surface area contributed by atoms with Gasteiger partial charge in [-0.1, -0.05) is 93.4 Å². The van der Waals surface area contributed by atoms with E-state index in [-0.39, 0.29) is 21.2 Å². The highest BCUT2D eigenvalue weighted by atomic mass is 35.5. The first-order valence-corrected chi connectivity index (χ1v) is 15.8. The van der Waals surface area contributed by atoms with Gasteiger partial charge < -0.3 is 9.47 Å². The summed E-state index contributed by atoms with van der Waals surface area (Å²) in [6, 6.07) is 23.4. The van der Waals surface area contributed by atoms with Crippen molar-refractivity contribution in [2.45, 2.75) is 58.8 Å². The number of nitrogens with zero attached hydrogens (tertiary/aromatic N) is 2. The van der Waals surface area contributed by atoms with Crippen LogP contribution >= 0.6 is 23.2 Å². The van der Waals surface area contributed by atoms with Crippen molar-refractivity contribution < 1.29 is 18.3 Å². The number of benzene rings is 4. The predicted octanol–water partition coefficient (Wildman–Crippen LogP) is 11.6. The fourth-order valence-corrected chi connectivity index (χ4v) is 5.16. The normalized spacial score (nSPS) is 10.3. The molecular formula is C37H36Cl2F2N2O2. The van der Waals surface area contributed by atoms with Crippen LogP contribution < -0.4 is 9.47 Å². The van der Waals surface area contributed by atoms with E-state index in [2.05, 4.69) is 13.8 Å². The lowest BCUT2D eigenvalue weighted by Gasteiger charge is -2.09. The number of nitriles is 2. The first kappa shape index (κ1) is 35.4. The number of hydrogen-bond donors (Lipinski definition) is 0. The molecular weight excluding hydrogens is 613 g/mol. The number of rotatable bonds is 13. The topological polar surface area (TPSA) is 66.0 Å². The minimum absolute atomic E-state index is 0.210. The van der Waals surface area contributed by atoms with Gasteiger partial charge in [0, 0.05) is 11.1 Å². The summed E-state index contributed by atoms with van der Waals surface area (Å²) >= 11 is 12.2. The first-order valence-electron chi connectivity index (χ1n) is 15.1. The Morgan fingerprint density at radius 1 is 0.578 bits per heavy atom. The van der Waals surface area contributed by atoms with Crippen LogP contribution in [0.1, 0.15) is 69.9 Å². The van der Waals surface area contributed by atoms with Gasteiger partial charge in [0.05, 0.1) is 46.5 Å². The fraction of sp³-hybridized carbons (Fsp3) is 0.297. The molecule has 0 N–H and O–H groups in total. The number of unbranched alkanes of at least 4 members (excludes halogenated alkanes) is 5. The quantitative estimate of drug-likeness (QED) is 0.135. The van der Waals surface area contributed by atoms with E-state index in [0.717, 1.165) is 37.2 Å². The van der Waals surface area contributed by atoms with Crippen molar-refractivity contribution in [3.05, 3.63) is 106 Å². The predicted molar refractivity (Wildman–Crippen MR) is 178 cm³/mol. The molecule has 0 aliphatic carbocycles. The van der Waals surface area contributed by atoms with Crippen molar-refractivity contribution in [3.63, 3.8) is 0 Å². The van der Waals surface area contributed by atoms with Crippen LogP contribution in [-0.2, 0) is 0 Å². The Morgan fingerprint density at radius 2 is 0.956 bits per heavy atom. The number of ether oxygens (including phenoxy) is 2. The highest BCUT2D eigenvalue weighted by Gasteiger charge is 2.13. The summed E-state index contributed by atoms with van der Waals surface area (Å²) in [4.78, 5) is 0. The Kier molecular flexibility index (Phi) is 14.7. The van der Waals surface area contributed by atoms with Gasteiger partial charge in [-0.15, -0.1) is 0 Å². The van der Waals surface area contributed by atoms with E-state index in [1.54, 1.807) is 36.4 Å². The third kappa shape index (κ3) is 10.8. The summed E-state index contributed by atoms with van der Waals surface area (Å²) in [5, 5.41) is 18.1. The van der Waals surface area contributed by atoms with Crippen molar-refractivity contribution in [2.75, 3.05) is 13.2 Å². The Balaban J connectivity index is 0.000000246. The third-order valence-corrected chi connectivity index (χ3v) is 7.51. The maximum absolute atomic E-state index is 14.1. The number of hydrogen-bond acceptors (Lipinski definition) is 4. The second-order valence-electron chi connectivity index (χ2n) is 10.4. The zero-order chi connectivity index (χ0) is 32.6. The summed E-state index contributed by atoms with van der Waals surface area (Å²) in [5.74, 6) is 0.517. The average Bonchev–Trinajstić information content (AvgIpc) is 3.04. The molecule has 0 amide bonds. The molecule has 0 heterocycles. The van der Waals surface area contributed by atoms with E-state index in [1.165, 1.54) is 43.5 Å². The molecule has 4 aromatic carbocycles. The molecule has 4 nitrogen and oxygen atoms in total. The summed E-state index contributed by atoms with van der Waals surface area (Å²) in [5.41, 5.74) is 2.35. The van der Waals surface area contributed by atoms with Crippen molar-refractivity contribution in [3.8, 4) is 45.9 Å². The van der Waals surface area contributed by atoms with E-state index >= 15 is 0 Å². The Hall–Kier alpha value is -4.10. The lowest BCUT2D eigenvalue weighted by atomic mass is 10.0. The van der Waals surface area contributed by atoms with Gasteiger partial charge in [0.2, 0.25) is 0 Å². The average molecular weight is 650 g/mol. The maximum atomic E-state index is 14.1. The molecule has 45 heavy (non-hydrogen) atoms. The van der Waals surface area contributed by atoms with Crippen molar-refractivity contribution in [2.24, 2.45) is 0 Å². The third-order valence-electron chi connectivity index (χ3n) is 6.91. The zero-order valence-corrected chi connectivity index (χ0v) is 27.0. The molecule has 0 spiro atoms. The van der Waals surface area contributed by atoms with E-state index in [4.69, 9.17) is 43.2 Å². The smallest absolute Gasteiger partial charge is 0.133 e. The second-order valence-corrected chi connectivity index (χ2v) is 11.2. The molecule has 0 atom stereocenters. The first-order chi connectivity index (χ1) is 21.8. The lowest BCUT2D eigenvalue weighted by molar-refractivity contribution is 0.305. The van der Waals surface area contributed by atoms with E-state index in [0.29, 0.717) is 35.5 Å². The fourth-order valence-electron chi connectivity index (χ4n) is 4.52. The summed E-state index contributed by atoms with van der Waals surface area (Å²) in [6.07, 6.45) is 7.94. The van der Waals surface area contributed by atoms with Crippen LogP contribution in [0, 0.1) is 34.3 Å². The van der Waals surface area contributed by atoms with Crippen LogP contribution in [0.3, 0.4) is 0 Å². The molecule has 0 bridgehead atoms. The molecule has 0 aliphatic heterocycles. The van der Waals surface area contributed by atoms with Crippen LogP contribution in [0.25, 0.3) is 22.3 Å². The Labute approximate surface area is 274 Å². The molecule has 0 saturated carbocycles. The summed E-state index contributed by atoms with van der Waals surface area (Å²) in [6.45, 7) is 5.68. The molecule has 0 saturated heterocycles. The van der Waals surface area contributed by atoms with Crippen molar-refractivity contribution in [1.82, 2.24) is 0 Å². The van der Waals surface area contributed by atoms with E-state index in [9.17, 15) is 8.78 Å². The van der Waals surface area contributed by atoms with Crippen LogP contribution in [-0.4, -0.2) is 13.2 Å². The molecule has 234 valence electrons. The van der Waals surface area contributed by atoms with Gasteiger partial charge in [0.25, 0.3) is 0 Å². The second kappa shape index (κ2) is 18.6. The van der Waals surface area contributed by atoms with Gasteiger partial charge in [-0.25, -0.2) is 8.78 Å². The van der Waals surface area contributed by atoms with Crippen LogP contribution in [0.4, 0.5) is 8.78 Å². The molecule has 0 unspecified atom stereocenters. The molecule has 0 radical (unpaired) electrons. The van der Waals surface area contributed by atoms with Crippen LogP contribution in [0.15, 0.2) is 72.8 Å². The molecule has 0 aliphatic rings. The monoisotopic (exact) mass is 648 g/mol. The van der Waals surface area contributed by atoms with Gasteiger partial charge in [-0.05, 0) is 72.5 Å². The highest BCUT2D eigenvalue weighted by molar-refractivity contribution is 6.33. The van der Waals surface area contributed by atoms with Gasteiger partial charge in [0.15, 0.2) is 0 Å². The molecule has 4 aromatic rings. The van der Waals surface area contributed by atoms with Gasteiger partial charge >= 0.3 is 0 Å². The van der Waals surface area contributed by atoms with Gasteiger partial charge in [0.1, 0.15) is 23.1 Å². The SMILES string of the molecule is CCCCCCOc1ccc(-c2c(F)cc(C#N)cc2Cl)cc1.CCCCCOc1ccc(-c2c(F)cc(C#N)cc2Cl)cc1. The lowest BCUT2D eigenvalue weighted by Crippen LogP contribution is -1.97. The minimum Gasteiger partial charge on any atom is -0.494 e. The van der Waals surface area contributed by atoms with Gasteiger partial charge in [-0.3, -0.25) is 0 Å². The summed E-state index contributed by atoms with van der Waals surface area (Å²) < 4.78 is 39.5. The minimum atomic E-state index is -0.499. The standard InChI is InChI=1S/C19H19ClFNO.C18H17ClFNO/c1-2-3-4-5-10-23-16-8-6-15(7-9-16)19-17(20)11-14(13-22)12-18(19)21;1-2-3-4-9-22-15-7-5-14(6-8-15)18-16(19)10-13(12-21)11-17(18)20/h6-9,11-12H,2-5,10H2,1H3;5-8,10-11H,2-4,9H2,1H3. The Bertz CT molecular complexity index is 1570. The molecule has 0 aromatic heterocycles. The Morgan fingerprint density at radius 3 is 1.31 bits per heavy atom. The van der Waals surface area contributed by atoms with Crippen LogP contribution in [0.2, 0.25) is 10.0 Å². The molecule has 4 rings (SSSR count). The van der Waals surface area contributed by atoms with E-state index < -0.39 is 11.6 Å². The van der Waals surface area contributed by atoms with Crippen molar-refractivity contribution >= 4 is 23.2 Å². The number of halogens is 4. The maximum Gasteiger partial charge on any atom is 0.133 e.